The van der Waals surface area contributed by atoms with Gasteiger partial charge in [-0.3, -0.25) is 9.69 Å². The first kappa shape index (κ1) is 24.4. The first-order valence-electron chi connectivity index (χ1n) is 11.4. The summed E-state index contributed by atoms with van der Waals surface area (Å²) < 4.78 is 26.7. The average Bonchev–Trinajstić information content (AvgIpc) is 2.79. The van der Waals surface area contributed by atoms with Crippen LogP contribution in [0.15, 0.2) is 53.4 Å². The van der Waals surface area contributed by atoms with Gasteiger partial charge >= 0.3 is 0 Å². The third-order valence-corrected chi connectivity index (χ3v) is 8.33. The molecule has 174 valence electrons. The number of likely N-dealkylation sites (tertiary alicyclic amines) is 1. The van der Waals surface area contributed by atoms with E-state index in [9.17, 15) is 13.2 Å². The number of hydrogen-bond acceptors (Lipinski definition) is 4. The van der Waals surface area contributed by atoms with Crippen molar-refractivity contribution in [2.24, 2.45) is 0 Å². The Hall–Kier alpha value is -2.22. The Morgan fingerprint density at radius 2 is 1.81 bits per heavy atom. The third-order valence-electron chi connectivity index (χ3n) is 6.30. The summed E-state index contributed by atoms with van der Waals surface area (Å²) in [6.07, 6.45) is 3.85. The molecule has 1 saturated heterocycles. The third kappa shape index (κ3) is 5.97. The van der Waals surface area contributed by atoms with Crippen molar-refractivity contribution in [3.8, 4) is 0 Å². The molecule has 7 heteroatoms. The van der Waals surface area contributed by atoms with E-state index in [2.05, 4.69) is 29.3 Å². The maximum atomic E-state index is 12.7. The van der Waals surface area contributed by atoms with E-state index in [4.69, 9.17) is 0 Å². The van der Waals surface area contributed by atoms with Crippen molar-refractivity contribution >= 4 is 15.9 Å². The molecule has 0 radical (unpaired) electrons. The molecular formula is C25H35N3O3S. The quantitative estimate of drug-likeness (QED) is 0.650. The van der Waals surface area contributed by atoms with Crippen LogP contribution in [0.25, 0.3) is 0 Å². The van der Waals surface area contributed by atoms with Crippen LogP contribution < -0.4 is 5.32 Å². The zero-order valence-corrected chi connectivity index (χ0v) is 20.4. The summed E-state index contributed by atoms with van der Waals surface area (Å²) in [7, 11) is -2.09. The molecule has 2 aromatic carbocycles. The number of benzene rings is 2. The summed E-state index contributed by atoms with van der Waals surface area (Å²) >= 11 is 0. The standard InChI is InChI=1S/C25H35N3O3S/c1-19(2)27(4)32(30,31)24-10-7-9-23(16-24)25(29)26-17-21-11-13-22(14-12-21)18-28-15-6-5-8-20(28)3/h7,9-14,16,19-20H,5-6,8,15,17-18H2,1-4H3,(H,26,29). The van der Waals surface area contributed by atoms with E-state index in [1.54, 1.807) is 19.2 Å². The molecule has 1 aliphatic heterocycles. The monoisotopic (exact) mass is 457 g/mol. The predicted octanol–water partition coefficient (Wildman–Crippen LogP) is 4.02. The minimum absolute atomic E-state index is 0.123. The molecule has 0 bridgehead atoms. The number of carbonyl (C=O) groups excluding carboxylic acids is 1. The van der Waals surface area contributed by atoms with Crippen LogP contribution in [0, 0.1) is 0 Å². The van der Waals surface area contributed by atoms with Gasteiger partial charge in [0.15, 0.2) is 0 Å². The molecular weight excluding hydrogens is 422 g/mol. The average molecular weight is 458 g/mol. The first-order chi connectivity index (χ1) is 15.2. The summed E-state index contributed by atoms with van der Waals surface area (Å²) in [4.78, 5) is 15.3. The van der Waals surface area contributed by atoms with Crippen molar-refractivity contribution in [2.75, 3.05) is 13.6 Å². The fourth-order valence-electron chi connectivity index (χ4n) is 3.92. The highest BCUT2D eigenvalue weighted by Crippen LogP contribution is 2.20. The van der Waals surface area contributed by atoms with Gasteiger partial charge in [0.2, 0.25) is 10.0 Å². The molecule has 0 saturated carbocycles. The van der Waals surface area contributed by atoms with E-state index in [0.29, 0.717) is 18.2 Å². The minimum Gasteiger partial charge on any atom is -0.348 e. The number of nitrogens with zero attached hydrogens (tertiary/aromatic N) is 2. The molecule has 1 amide bonds. The Labute approximate surface area is 192 Å². The zero-order chi connectivity index (χ0) is 23.3. The van der Waals surface area contributed by atoms with Gasteiger partial charge in [0.05, 0.1) is 4.90 Å². The van der Waals surface area contributed by atoms with Crippen molar-refractivity contribution < 1.29 is 13.2 Å². The maximum absolute atomic E-state index is 12.7. The molecule has 6 nitrogen and oxygen atoms in total. The molecule has 0 aromatic heterocycles. The van der Waals surface area contributed by atoms with Crippen LogP contribution in [-0.2, 0) is 23.1 Å². The second-order valence-electron chi connectivity index (χ2n) is 8.96. The fraction of sp³-hybridized carbons (Fsp3) is 0.480. The molecule has 1 fully saturated rings. The molecule has 0 aliphatic carbocycles. The summed E-state index contributed by atoms with van der Waals surface area (Å²) in [5.74, 6) is -0.291. The Kier molecular flexibility index (Phi) is 8.09. The SMILES string of the molecule is CC1CCCCN1Cc1ccc(CNC(=O)c2cccc(S(=O)(=O)N(C)C(C)C)c2)cc1. The number of piperidine rings is 1. The molecule has 32 heavy (non-hydrogen) atoms. The van der Waals surface area contributed by atoms with E-state index in [1.165, 1.54) is 41.3 Å². The topological polar surface area (TPSA) is 69.7 Å². The van der Waals surface area contributed by atoms with Crippen molar-refractivity contribution in [3.05, 3.63) is 65.2 Å². The summed E-state index contributed by atoms with van der Waals surface area (Å²) in [5, 5.41) is 2.90. The number of amides is 1. The van der Waals surface area contributed by atoms with Gasteiger partial charge in [-0.05, 0) is 69.5 Å². The highest BCUT2D eigenvalue weighted by Gasteiger charge is 2.24. The number of nitrogens with one attached hydrogen (secondary N) is 1. The van der Waals surface area contributed by atoms with Gasteiger partial charge in [0.1, 0.15) is 0 Å². The summed E-state index contributed by atoms with van der Waals surface area (Å²) in [5.41, 5.74) is 2.62. The van der Waals surface area contributed by atoms with Gasteiger partial charge in [0, 0.05) is 37.8 Å². The minimum atomic E-state index is -3.63. The lowest BCUT2D eigenvalue weighted by molar-refractivity contribution is 0.0950. The highest BCUT2D eigenvalue weighted by atomic mass is 32.2. The smallest absolute Gasteiger partial charge is 0.251 e. The molecule has 1 heterocycles. The van der Waals surface area contributed by atoms with Crippen molar-refractivity contribution in [2.45, 2.75) is 70.1 Å². The number of hydrogen-bond donors (Lipinski definition) is 1. The van der Waals surface area contributed by atoms with Gasteiger partial charge in [-0.25, -0.2) is 8.42 Å². The first-order valence-corrected chi connectivity index (χ1v) is 12.8. The number of rotatable bonds is 8. The van der Waals surface area contributed by atoms with Crippen LogP contribution >= 0.6 is 0 Å². The van der Waals surface area contributed by atoms with E-state index < -0.39 is 10.0 Å². The second kappa shape index (κ2) is 10.6. The lowest BCUT2D eigenvalue weighted by atomic mass is 10.0. The van der Waals surface area contributed by atoms with Crippen LogP contribution in [0.4, 0.5) is 0 Å². The van der Waals surface area contributed by atoms with Gasteiger partial charge < -0.3 is 5.32 Å². The second-order valence-corrected chi connectivity index (χ2v) is 11.0. The summed E-state index contributed by atoms with van der Waals surface area (Å²) in [6, 6.07) is 15.0. The Morgan fingerprint density at radius 3 is 2.47 bits per heavy atom. The Morgan fingerprint density at radius 1 is 1.12 bits per heavy atom. The lowest BCUT2D eigenvalue weighted by Crippen LogP contribution is -2.36. The van der Waals surface area contributed by atoms with Crippen LogP contribution in [-0.4, -0.2) is 49.2 Å². The molecule has 1 atom stereocenters. The maximum Gasteiger partial charge on any atom is 0.251 e. The van der Waals surface area contributed by atoms with E-state index in [-0.39, 0.29) is 16.8 Å². The van der Waals surface area contributed by atoms with Crippen LogP contribution in [0.3, 0.4) is 0 Å². The van der Waals surface area contributed by atoms with Gasteiger partial charge in [-0.15, -0.1) is 0 Å². The fourth-order valence-corrected chi connectivity index (χ4v) is 5.33. The van der Waals surface area contributed by atoms with Crippen LogP contribution in [0.1, 0.15) is 61.5 Å². The Balaban J connectivity index is 1.60. The normalized spacial score (nSPS) is 17.6. The largest absolute Gasteiger partial charge is 0.348 e. The van der Waals surface area contributed by atoms with Gasteiger partial charge in [0.25, 0.3) is 5.91 Å². The predicted molar refractivity (Wildman–Crippen MR) is 128 cm³/mol. The van der Waals surface area contributed by atoms with E-state index >= 15 is 0 Å². The molecule has 1 N–H and O–H groups in total. The highest BCUT2D eigenvalue weighted by molar-refractivity contribution is 7.89. The number of sulfonamides is 1. The van der Waals surface area contributed by atoms with Crippen molar-refractivity contribution in [3.63, 3.8) is 0 Å². The van der Waals surface area contributed by atoms with E-state index in [0.717, 1.165) is 18.7 Å². The van der Waals surface area contributed by atoms with Gasteiger partial charge in [-0.1, -0.05) is 36.8 Å². The van der Waals surface area contributed by atoms with Crippen molar-refractivity contribution in [1.29, 1.82) is 0 Å². The summed E-state index contributed by atoms with van der Waals surface area (Å²) in [6.45, 7) is 8.42. The molecule has 1 unspecified atom stereocenters. The van der Waals surface area contributed by atoms with Crippen LogP contribution in [0.2, 0.25) is 0 Å². The number of carbonyl (C=O) groups is 1. The molecule has 0 spiro atoms. The lowest BCUT2D eigenvalue weighted by Gasteiger charge is -2.33. The zero-order valence-electron chi connectivity index (χ0n) is 19.5. The molecule has 1 aliphatic rings. The molecule has 3 rings (SSSR count). The molecule has 2 aromatic rings. The van der Waals surface area contributed by atoms with Crippen molar-refractivity contribution in [1.82, 2.24) is 14.5 Å². The Bertz CT molecular complexity index is 1020. The van der Waals surface area contributed by atoms with Gasteiger partial charge in [-0.2, -0.15) is 4.31 Å². The van der Waals surface area contributed by atoms with E-state index in [1.807, 2.05) is 26.0 Å². The van der Waals surface area contributed by atoms with Crippen LogP contribution in [0.5, 0.6) is 0 Å².